The third kappa shape index (κ3) is 3.91. The van der Waals surface area contributed by atoms with Crippen molar-refractivity contribution in [1.29, 1.82) is 0 Å². The summed E-state index contributed by atoms with van der Waals surface area (Å²) in [6, 6.07) is 5.83. The molecule has 0 radical (unpaired) electrons. The van der Waals surface area contributed by atoms with E-state index in [-0.39, 0.29) is 5.91 Å². The van der Waals surface area contributed by atoms with Crippen LogP contribution < -0.4 is 20.1 Å². The first-order valence-corrected chi connectivity index (χ1v) is 7.83. The van der Waals surface area contributed by atoms with Crippen LogP contribution in [0.15, 0.2) is 18.2 Å². The van der Waals surface area contributed by atoms with Crippen molar-refractivity contribution in [3.63, 3.8) is 0 Å². The lowest BCUT2D eigenvalue weighted by Crippen LogP contribution is -2.57. The fourth-order valence-electron chi connectivity index (χ4n) is 2.80. The number of carbonyl (C=O) groups excluding carboxylic acids is 1. The number of benzene rings is 1. The molecule has 0 aromatic heterocycles. The lowest BCUT2D eigenvalue weighted by molar-refractivity contribution is -0.127. The Kier molecular flexibility index (Phi) is 5.66. The summed E-state index contributed by atoms with van der Waals surface area (Å²) in [7, 11) is 3.24. The molecule has 0 aliphatic carbocycles. The Morgan fingerprint density at radius 2 is 2.05 bits per heavy atom. The molecule has 0 spiro atoms. The molecule has 1 aromatic carbocycles. The lowest BCUT2D eigenvalue weighted by Gasteiger charge is -2.33. The van der Waals surface area contributed by atoms with Crippen molar-refractivity contribution in [1.82, 2.24) is 10.6 Å². The second-order valence-electron chi connectivity index (χ2n) is 5.91. The second kappa shape index (κ2) is 7.49. The summed E-state index contributed by atoms with van der Waals surface area (Å²) >= 11 is 0. The molecule has 1 amide bonds. The summed E-state index contributed by atoms with van der Waals surface area (Å²) in [4.78, 5) is 12.3. The van der Waals surface area contributed by atoms with E-state index in [0.717, 1.165) is 37.8 Å². The van der Waals surface area contributed by atoms with E-state index >= 15 is 0 Å². The van der Waals surface area contributed by atoms with Gasteiger partial charge in [0.1, 0.15) is 0 Å². The number of hydrogen-bond donors (Lipinski definition) is 2. The van der Waals surface area contributed by atoms with E-state index in [4.69, 9.17) is 9.47 Å². The quantitative estimate of drug-likeness (QED) is 0.843. The van der Waals surface area contributed by atoms with Gasteiger partial charge in [0.05, 0.1) is 19.8 Å². The van der Waals surface area contributed by atoms with E-state index in [1.807, 2.05) is 25.1 Å². The van der Waals surface area contributed by atoms with Crippen LogP contribution in [0, 0.1) is 0 Å². The highest BCUT2D eigenvalue weighted by Crippen LogP contribution is 2.27. The van der Waals surface area contributed by atoms with Crippen molar-refractivity contribution in [3.8, 4) is 11.5 Å². The monoisotopic (exact) mass is 306 g/mol. The average molecular weight is 306 g/mol. The van der Waals surface area contributed by atoms with Gasteiger partial charge in [-0.2, -0.15) is 0 Å². The third-order valence-corrected chi connectivity index (χ3v) is 4.27. The Bertz CT molecular complexity index is 511. The maximum absolute atomic E-state index is 12.3. The molecule has 1 heterocycles. The highest BCUT2D eigenvalue weighted by atomic mass is 16.5. The summed E-state index contributed by atoms with van der Waals surface area (Å²) < 4.78 is 10.5. The van der Waals surface area contributed by atoms with E-state index in [0.29, 0.717) is 18.0 Å². The minimum Gasteiger partial charge on any atom is -0.493 e. The van der Waals surface area contributed by atoms with Crippen molar-refractivity contribution in [2.24, 2.45) is 0 Å². The molecule has 1 aliphatic rings. The Hall–Kier alpha value is -1.75. The molecule has 22 heavy (non-hydrogen) atoms. The molecule has 2 N–H and O–H groups in total. The molecule has 1 unspecified atom stereocenters. The van der Waals surface area contributed by atoms with Crippen molar-refractivity contribution in [2.75, 3.05) is 27.3 Å². The molecule has 5 nitrogen and oxygen atoms in total. The topological polar surface area (TPSA) is 59.6 Å². The van der Waals surface area contributed by atoms with Crippen LogP contribution in [0.1, 0.15) is 31.7 Å². The number of ether oxygens (including phenoxy) is 2. The van der Waals surface area contributed by atoms with Crippen molar-refractivity contribution >= 4 is 5.91 Å². The predicted octanol–water partition coefficient (Wildman–Crippen LogP) is 1.89. The van der Waals surface area contributed by atoms with E-state index in [9.17, 15) is 4.79 Å². The van der Waals surface area contributed by atoms with Gasteiger partial charge < -0.3 is 20.1 Å². The summed E-state index contributed by atoms with van der Waals surface area (Å²) in [6.07, 6.45) is 3.92. The Morgan fingerprint density at radius 3 is 2.68 bits per heavy atom. The van der Waals surface area contributed by atoms with Crippen LogP contribution >= 0.6 is 0 Å². The van der Waals surface area contributed by atoms with Crippen LogP contribution in [0.3, 0.4) is 0 Å². The molecular formula is C17H26N2O3. The summed E-state index contributed by atoms with van der Waals surface area (Å²) in [5, 5.41) is 6.36. The second-order valence-corrected chi connectivity index (χ2v) is 5.91. The van der Waals surface area contributed by atoms with Gasteiger partial charge in [0.25, 0.3) is 0 Å². The number of amides is 1. The molecule has 0 saturated carbocycles. The molecule has 1 fully saturated rings. The van der Waals surface area contributed by atoms with Gasteiger partial charge in [-0.3, -0.25) is 4.79 Å². The van der Waals surface area contributed by atoms with Crippen molar-refractivity contribution in [3.05, 3.63) is 23.8 Å². The standard InChI is InChI=1S/C17H26N2O3/c1-17(9-4-5-10-19-17)16(20)18-11-8-13-6-7-14(21-2)15(12-13)22-3/h6-7,12,19H,4-5,8-11H2,1-3H3,(H,18,20). The van der Waals surface area contributed by atoms with Gasteiger partial charge in [0.15, 0.2) is 11.5 Å². The fourth-order valence-corrected chi connectivity index (χ4v) is 2.80. The van der Waals surface area contributed by atoms with Crippen LogP contribution in [-0.4, -0.2) is 38.8 Å². The zero-order valence-corrected chi connectivity index (χ0v) is 13.7. The zero-order chi connectivity index (χ0) is 16.0. The lowest BCUT2D eigenvalue weighted by atomic mass is 9.90. The van der Waals surface area contributed by atoms with Crippen LogP contribution in [0.25, 0.3) is 0 Å². The van der Waals surface area contributed by atoms with Crippen LogP contribution in [0.2, 0.25) is 0 Å². The number of piperidine rings is 1. The third-order valence-electron chi connectivity index (χ3n) is 4.27. The van der Waals surface area contributed by atoms with E-state index in [1.165, 1.54) is 0 Å². The highest BCUT2D eigenvalue weighted by molar-refractivity contribution is 5.85. The molecular weight excluding hydrogens is 280 g/mol. The molecule has 1 aliphatic heterocycles. The minimum atomic E-state index is -0.421. The number of rotatable bonds is 6. The van der Waals surface area contributed by atoms with Crippen LogP contribution in [0.5, 0.6) is 11.5 Å². The first-order chi connectivity index (χ1) is 10.6. The first-order valence-electron chi connectivity index (χ1n) is 7.83. The van der Waals surface area contributed by atoms with Crippen molar-refractivity contribution in [2.45, 2.75) is 38.1 Å². The SMILES string of the molecule is COc1ccc(CCNC(=O)C2(C)CCCCN2)cc1OC. The first kappa shape index (κ1) is 16.6. The van der Waals surface area contributed by atoms with Crippen LogP contribution in [-0.2, 0) is 11.2 Å². The summed E-state index contributed by atoms with van der Waals surface area (Å²) in [5.41, 5.74) is 0.690. The predicted molar refractivity (Wildman–Crippen MR) is 86.5 cm³/mol. The Labute approximate surface area is 132 Å². The molecule has 0 bridgehead atoms. The smallest absolute Gasteiger partial charge is 0.240 e. The molecule has 2 rings (SSSR count). The average Bonchev–Trinajstić information content (AvgIpc) is 2.55. The maximum Gasteiger partial charge on any atom is 0.240 e. The minimum absolute atomic E-state index is 0.0904. The molecule has 1 atom stereocenters. The zero-order valence-electron chi connectivity index (χ0n) is 13.7. The molecule has 1 saturated heterocycles. The van der Waals surface area contributed by atoms with Crippen LogP contribution in [0.4, 0.5) is 0 Å². The summed E-state index contributed by atoms with van der Waals surface area (Å²) in [6.45, 7) is 3.52. The van der Waals surface area contributed by atoms with Gasteiger partial charge in [-0.15, -0.1) is 0 Å². The number of carbonyl (C=O) groups is 1. The van der Waals surface area contributed by atoms with E-state index < -0.39 is 5.54 Å². The summed E-state index contributed by atoms with van der Waals surface area (Å²) in [5.74, 6) is 1.52. The largest absolute Gasteiger partial charge is 0.493 e. The Morgan fingerprint density at radius 1 is 1.27 bits per heavy atom. The number of nitrogens with one attached hydrogen (secondary N) is 2. The van der Waals surface area contributed by atoms with Gasteiger partial charge in [0, 0.05) is 6.54 Å². The number of methoxy groups -OCH3 is 2. The maximum atomic E-state index is 12.3. The number of hydrogen-bond acceptors (Lipinski definition) is 4. The van der Waals surface area contributed by atoms with Gasteiger partial charge in [0.2, 0.25) is 5.91 Å². The molecule has 122 valence electrons. The fraction of sp³-hybridized carbons (Fsp3) is 0.588. The highest BCUT2D eigenvalue weighted by Gasteiger charge is 2.33. The van der Waals surface area contributed by atoms with Gasteiger partial charge in [-0.05, 0) is 56.8 Å². The van der Waals surface area contributed by atoms with Crippen molar-refractivity contribution < 1.29 is 14.3 Å². The van der Waals surface area contributed by atoms with E-state index in [2.05, 4.69) is 10.6 Å². The van der Waals surface area contributed by atoms with Gasteiger partial charge in [-0.1, -0.05) is 6.07 Å². The Balaban J connectivity index is 1.87. The van der Waals surface area contributed by atoms with Gasteiger partial charge in [-0.25, -0.2) is 0 Å². The van der Waals surface area contributed by atoms with Gasteiger partial charge >= 0.3 is 0 Å². The molecule has 5 heteroatoms. The van der Waals surface area contributed by atoms with E-state index in [1.54, 1.807) is 14.2 Å². The molecule has 1 aromatic rings. The normalized spacial score (nSPS) is 21.2.